The van der Waals surface area contributed by atoms with Crippen molar-refractivity contribution in [3.05, 3.63) is 23.3 Å². The van der Waals surface area contributed by atoms with Crippen LogP contribution in [-0.2, 0) is 16.8 Å². The van der Waals surface area contributed by atoms with Gasteiger partial charge >= 0.3 is 0 Å². The molecule has 154 valence electrons. The third-order valence-electron chi connectivity index (χ3n) is 7.20. The van der Waals surface area contributed by atoms with Crippen LogP contribution in [0.3, 0.4) is 0 Å². The molecule has 0 bridgehead atoms. The molecular weight excluding hydrogens is 352 g/mol. The number of fused-ring (bicyclic) bond motifs is 2. The average molecular weight is 387 g/mol. The van der Waals surface area contributed by atoms with Gasteiger partial charge in [0.1, 0.15) is 0 Å². The van der Waals surface area contributed by atoms with E-state index in [0.29, 0.717) is 6.54 Å². The van der Waals surface area contributed by atoms with Crippen molar-refractivity contribution in [3.63, 3.8) is 0 Å². The number of hydrogen-bond acceptors (Lipinski definition) is 4. The molecule has 5 nitrogen and oxygen atoms in total. The number of likely N-dealkylation sites (tertiary alicyclic amines) is 1. The Labute approximate surface area is 169 Å². The van der Waals surface area contributed by atoms with E-state index in [1.165, 1.54) is 43.2 Å². The summed E-state index contributed by atoms with van der Waals surface area (Å²) >= 11 is 0. The summed E-state index contributed by atoms with van der Waals surface area (Å²) in [5.74, 6) is 1.84. The largest absolute Gasteiger partial charge is 0.493 e. The summed E-state index contributed by atoms with van der Waals surface area (Å²) in [4.78, 5) is 17.9. The van der Waals surface area contributed by atoms with Gasteiger partial charge in [0.05, 0.1) is 20.3 Å². The maximum atomic E-state index is 13.5. The Morgan fingerprint density at radius 1 is 1.00 bits per heavy atom. The van der Waals surface area contributed by atoms with Crippen molar-refractivity contribution in [1.29, 1.82) is 0 Å². The molecule has 1 aromatic rings. The Hall–Kier alpha value is -1.75. The second-order valence-electron chi connectivity index (χ2n) is 8.82. The SMILES string of the molecule is COc1cc2c(cc1OC)C1(CCCC1)CN(C(=O)[C@@H](C)N1CCCCC1)C2. The fraction of sp³-hybridized carbons (Fsp3) is 0.696. The van der Waals surface area contributed by atoms with Crippen molar-refractivity contribution < 1.29 is 14.3 Å². The number of hydrogen-bond donors (Lipinski definition) is 0. The van der Waals surface area contributed by atoms with Gasteiger partial charge in [-0.1, -0.05) is 19.3 Å². The van der Waals surface area contributed by atoms with Crippen LogP contribution in [0.25, 0.3) is 0 Å². The van der Waals surface area contributed by atoms with Crippen LogP contribution in [0, 0.1) is 0 Å². The number of carbonyl (C=O) groups excluding carboxylic acids is 1. The summed E-state index contributed by atoms with van der Waals surface area (Å²) in [7, 11) is 3.38. The summed E-state index contributed by atoms with van der Waals surface area (Å²) < 4.78 is 11.1. The second-order valence-corrected chi connectivity index (χ2v) is 8.82. The predicted molar refractivity (Wildman–Crippen MR) is 110 cm³/mol. The Bertz CT molecular complexity index is 721. The number of nitrogens with zero attached hydrogens (tertiary/aromatic N) is 2. The zero-order valence-corrected chi connectivity index (χ0v) is 17.6. The molecule has 1 aliphatic carbocycles. The van der Waals surface area contributed by atoms with Crippen molar-refractivity contribution >= 4 is 5.91 Å². The van der Waals surface area contributed by atoms with Gasteiger partial charge in [0, 0.05) is 18.5 Å². The molecule has 28 heavy (non-hydrogen) atoms. The molecule has 1 amide bonds. The van der Waals surface area contributed by atoms with Crippen molar-refractivity contribution in [2.45, 2.75) is 69.9 Å². The minimum atomic E-state index is -0.0274. The molecule has 0 radical (unpaired) electrons. The van der Waals surface area contributed by atoms with Gasteiger partial charge in [0.15, 0.2) is 11.5 Å². The molecule has 2 fully saturated rings. The van der Waals surface area contributed by atoms with Crippen molar-refractivity contribution in [2.24, 2.45) is 0 Å². The lowest BCUT2D eigenvalue weighted by Crippen LogP contribution is -2.53. The van der Waals surface area contributed by atoms with Gasteiger partial charge in [-0.3, -0.25) is 9.69 Å². The number of piperidine rings is 1. The molecule has 1 spiro atoms. The Kier molecular flexibility index (Phi) is 5.55. The fourth-order valence-electron chi connectivity index (χ4n) is 5.62. The quantitative estimate of drug-likeness (QED) is 0.791. The summed E-state index contributed by atoms with van der Waals surface area (Å²) in [5, 5.41) is 0. The van der Waals surface area contributed by atoms with Crippen LogP contribution >= 0.6 is 0 Å². The summed E-state index contributed by atoms with van der Waals surface area (Å²) in [6.45, 7) is 5.71. The van der Waals surface area contributed by atoms with Crippen LogP contribution in [0.15, 0.2) is 12.1 Å². The first-order chi connectivity index (χ1) is 13.6. The standard InChI is InChI=1S/C23H34N2O3/c1-17(24-11-7-4-8-12-24)22(26)25-15-18-13-20(27-2)21(28-3)14-19(18)23(16-25)9-5-6-10-23/h13-14,17H,4-12,15-16H2,1-3H3/t17-/m1/s1. The summed E-state index contributed by atoms with van der Waals surface area (Å²) in [5.41, 5.74) is 2.67. The number of methoxy groups -OCH3 is 2. The number of ether oxygens (including phenoxy) is 2. The number of carbonyl (C=O) groups is 1. The molecule has 5 heteroatoms. The van der Waals surface area contributed by atoms with Crippen LogP contribution in [0.2, 0.25) is 0 Å². The first-order valence-electron chi connectivity index (χ1n) is 10.9. The third-order valence-corrected chi connectivity index (χ3v) is 7.20. The minimum Gasteiger partial charge on any atom is -0.493 e. The third kappa shape index (κ3) is 3.38. The van der Waals surface area contributed by atoms with E-state index in [1.807, 2.05) is 0 Å². The molecule has 3 aliphatic rings. The molecule has 1 saturated carbocycles. The monoisotopic (exact) mass is 386 g/mol. The predicted octanol–water partition coefficient (Wildman–Crippen LogP) is 3.73. The Morgan fingerprint density at radius 3 is 2.29 bits per heavy atom. The molecule has 2 heterocycles. The molecule has 0 unspecified atom stereocenters. The lowest BCUT2D eigenvalue weighted by molar-refractivity contribution is -0.139. The van der Waals surface area contributed by atoms with E-state index in [4.69, 9.17) is 9.47 Å². The van der Waals surface area contributed by atoms with Crippen LogP contribution in [-0.4, -0.2) is 55.6 Å². The summed E-state index contributed by atoms with van der Waals surface area (Å²) in [6, 6.07) is 4.25. The highest BCUT2D eigenvalue weighted by atomic mass is 16.5. The maximum absolute atomic E-state index is 13.5. The first kappa shape index (κ1) is 19.6. The number of rotatable bonds is 4. The van der Waals surface area contributed by atoms with Crippen molar-refractivity contribution in [1.82, 2.24) is 9.80 Å². The number of benzene rings is 1. The second kappa shape index (κ2) is 7.94. The molecule has 0 N–H and O–H groups in total. The highest BCUT2D eigenvalue weighted by molar-refractivity contribution is 5.82. The van der Waals surface area contributed by atoms with E-state index in [0.717, 1.165) is 44.0 Å². The van der Waals surface area contributed by atoms with Gasteiger partial charge in [-0.2, -0.15) is 0 Å². The Balaban J connectivity index is 1.65. The maximum Gasteiger partial charge on any atom is 0.239 e. The van der Waals surface area contributed by atoms with Gasteiger partial charge in [0.25, 0.3) is 0 Å². The van der Waals surface area contributed by atoms with Gasteiger partial charge < -0.3 is 14.4 Å². The highest BCUT2D eigenvalue weighted by Crippen LogP contribution is 2.48. The number of amides is 1. The van der Waals surface area contributed by atoms with Gasteiger partial charge in [0.2, 0.25) is 5.91 Å². The Morgan fingerprint density at radius 2 is 1.64 bits per heavy atom. The molecule has 4 rings (SSSR count). The van der Waals surface area contributed by atoms with Gasteiger partial charge in [-0.25, -0.2) is 0 Å². The zero-order chi connectivity index (χ0) is 19.7. The van der Waals surface area contributed by atoms with Crippen LogP contribution < -0.4 is 9.47 Å². The van der Waals surface area contributed by atoms with E-state index in [1.54, 1.807) is 14.2 Å². The van der Waals surface area contributed by atoms with Crippen molar-refractivity contribution in [2.75, 3.05) is 33.9 Å². The zero-order valence-electron chi connectivity index (χ0n) is 17.6. The molecule has 1 atom stereocenters. The van der Waals surface area contributed by atoms with Gasteiger partial charge in [-0.05, 0) is 69.0 Å². The normalized spacial score (nSPS) is 22.8. The molecule has 2 aliphatic heterocycles. The van der Waals surface area contributed by atoms with Crippen molar-refractivity contribution in [3.8, 4) is 11.5 Å². The lowest BCUT2D eigenvalue weighted by atomic mass is 9.73. The van der Waals surface area contributed by atoms with Crippen LogP contribution in [0.4, 0.5) is 0 Å². The molecule has 0 aromatic heterocycles. The lowest BCUT2D eigenvalue weighted by Gasteiger charge is -2.44. The van der Waals surface area contributed by atoms with E-state index in [9.17, 15) is 4.79 Å². The van der Waals surface area contributed by atoms with E-state index in [2.05, 4.69) is 28.9 Å². The molecular formula is C23H34N2O3. The van der Waals surface area contributed by atoms with Gasteiger partial charge in [-0.15, -0.1) is 0 Å². The fourth-order valence-corrected chi connectivity index (χ4v) is 5.62. The minimum absolute atomic E-state index is 0.0274. The van der Waals surface area contributed by atoms with Crippen LogP contribution in [0.1, 0.15) is 63.0 Å². The first-order valence-corrected chi connectivity index (χ1v) is 10.9. The van der Waals surface area contributed by atoms with E-state index in [-0.39, 0.29) is 17.4 Å². The molecule has 1 aromatic carbocycles. The average Bonchev–Trinajstić information content (AvgIpc) is 3.21. The molecule has 1 saturated heterocycles. The topological polar surface area (TPSA) is 42.0 Å². The van der Waals surface area contributed by atoms with E-state index < -0.39 is 0 Å². The highest BCUT2D eigenvalue weighted by Gasteiger charge is 2.44. The van der Waals surface area contributed by atoms with E-state index >= 15 is 0 Å². The summed E-state index contributed by atoms with van der Waals surface area (Å²) in [6.07, 6.45) is 8.48. The smallest absolute Gasteiger partial charge is 0.239 e. The van der Waals surface area contributed by atoms with Crippen LogP contribution in [0.5, 0.6) is 11.5 Å².